The fourth-order valence-corrected chi connectivity index (χ4v) is 3.21. The first-order chi connectivity index (χ1) is 11.6. The molecule has 1 unspecified atom stereocenters. The van der Waals surface area contributed by atoms with E-state index in [9.17, 15) is 5.21 Å². The molecule has 0 aliphatic rings. The Morgan fingerprint density at radius 2 is 1.58 bits per heavy atom. The van der Waals surface area contributed by atoms with Crippen LogP contribution in [-0.2, 0) is 0 Å². The summed E-state index contributed by atoms with van der Waals surface area (Å²) in [6, 6.07) is 20.1. The number of hydrogen-bond donors (Lipinski definition) is 1. The van der Waals surface area contributed by atoms with Gasteiger partial charge in [-0.1, -0.05) is 65.8 Å². The molecule has 0 aliphatic heterocycles. The van der Waals surface area contributed by atoms with E-state index in [-0.39, 0.29) is 6.04 Å². The van der Waals surface area contributed by atoms with E-state index in [1.807, 2.05) is 69.3 Å². The third-order valence-electron chi connectivity index (χ3n) is 4.24. The molecule has 0 saturated carbocycles. The summed E-state index contributed by atoms with van der Waals surface area (Å²) in [5.41, 5.74) is 4.79. The molecule has 0 fully saturated rings. The Balaban J connectivity index is 2.27. The molecule has 122 valence electrons. The van der Waals surface area contributed by atoms with E-state index in [2.05, 4.69) is 26.8 Å². The van der Waals surface area contributed by atoms with E-state index >= 15 is 0 Å². The molecule has 3 rings (SSSR count). The highest BCUT2D eigenvalue weighted by Gasteiger charge is 2.24. The molecule has 4 heteroatoms. The summed E-state index contributed by atoms with van der Waals surface area (Å²) in [6.07, 6.45) is 0. The number of hydrogen-bond acceptors (Lipinski definition) is 3. The van der Waals surface area contributed by atoms with Gasteiger partial charge in [0.1, 0.15) is 11.9 Å². The molecule has 4 nitrogen and oxygen atoms in total. The molecule has 1 heterocycles. The maximum Gasteiger partial charge on any atom is 0.107 e. The Morgan fingerprint density at radius 3 is 2.17 bits per heavy atom. The molecule has 1 N–H and O–H groups in total. The molecular formula is C20H21N3O. The summed E-state index contributed by atoms with van der Waals surface area (Å²) in [5.74, 6) is 0.892. The van der Waals surface area contributed by atoms with E-state index in [0.29, 0.717) is 5.71 Å². The Morgan fingerprint density at radius 1 is 1.00 bits per heavy atom. The van der Waals surface area contributed by atoms with Gasteiger partial charge in [-0.2, -0.15) is 0 Å². The van der Waals surface area contributed by atoms with Crippen molar-refractivity contribution in [1.82, 2.24) is 9.55 Å². The SMILES string of the molecule is C/C(=N\O)C(c1ccccc1)n1c(C)nc(C)c1-c1ccccc1. The first-order valence-electron chi connectivity index (χ1n) is 7.97. The molecule has 3 aromatic rings. The van der Waals surface area contributed by atoms with E-state index < -0.39 is 0 Å². The van der Waals surface area contributed by atoms with Crippen LogP contribution in [0.15, 0.2) is 65.8 Å². The average Bonchev–Trinajstić information content (AvgIpc) is 2.91. The Labute approximate surface area is 142 Å². The van der Waals surface area contributed by atoms with Crippen molar-refractivity contribution in [3.63, 3.8) is 0 Å². The molecule has 0 bridgehead atoms. The summed E-state index contributed by atoms with van der Waals surface area (Å²) in [5, 5.41) is 12.9. The second-order valence-corrected chi connectivity index (χ2v) is 5.88. The van der Waals surface area contributed by atoms with Gasteiger partial charge in [-0.05, 0) is 26.3 Å². The van der Waals surface area contributed by atoms with Crippen molar-refractivity contribution in [1.29, 1.82) is 0 Å². The van der Waals surface area contributed by atoms with Crippen molar-refractivity contribution in [2.45, 2.75) is 26.8 Å². The van der Waals surface area contributed by atoms with Gasteiger partial charge in [0, 0.05) is 5.56 Å². The predicted octanol–water partition coefficient (Wildman–Crippen LogP) is 4.61. The summed E-state index contributed by atoms with van der Waals surface area (Å²) >= 11 is 0. The second-order valence-electron chi connectivity index (χ2n) is 5.88. The minimum Gasteiger partial charge on any atom is -0.411 e. The number of oxime groups is 1. The van der Waals surface area contributed by atoms with Crippen LogP contribution in [0.5, 0.6) is 0 Å². The highest BCUT2D eigenvalue weighted by molar-refractivity contribution is 5.89. The van der Waals surface area contributed by atoms with Crippen LogP contribution in [0.2, 0.25) is 0 Å². The van der Waals surface area contributed by atoms with Gasteiger partial charge in [-0.3, -0.25) is 0 Å². The van der Waals surface area contributed by atoms with Crippen molar-refractivity contribution in [2.75, 3.05) is 0 Å². The van der Waals surface area contributed by atoms with Crippen molar-refractivity contribution in [3.05, 3.63) is 77.7 Å². The van der Waals surface area contributed by atoms with Crippen molar-refractivity contribution in [3.8, 4) is 11.3 Å². The predicted molar refractivity (Wildman–Crippen MR) is 96.6 cm³/mol. The number of aryl methyl sites for hydroxylation is 2. The number of benzene rings is 2. The highest BCUT2D eigenvalue weighted by atomic mass is 16.4. The lowest BCUT2D eigenvalue weighted by atomic mass is 10.0. The number of nitrogens with zero attached hydrogens (tertiary/aromatic N) is 3. The monoisotopic (exact) mass is 319 g/mol. The molecule has 24 heavy (non-hydrogen) atoms. The largest absolute Gasteiger partial charge is 0.411 e. The molecule has 0 radical (unpaired) electrons. The summed E-state index contributed by atoms with van der Waals surface area (Å²) in [4.78, 5) is 4.68. The second kappa shape index (κ2) is 6.71. The van der Waals surface area contributed by atoms with Gasteiger partial charge in [-0.25, -0.2) is 4.98 Å². The molecule has 1 atom stereocenters. The maximum absolute atomic E-state index is 9.44. The third kappa shape index (κ3) is 2.83. The number of imidazole rings is 1. The zero-order valence-corrected chi connectivity index (χ0v) is 14.1. The molecule has 0 aliphatic carbocycles. The molecule has 0 saturated heterocycles. The van der Waals surface area contributed by atoms with Gasteiger partial charge < -0.3 is 9.77 Å². The Bertz CT molecular complexity index is 851. The van der Waals surface area contributed by atoms with Crippen LogP contribution in [-0.4, -0.2) is 20.5 Å². The minimum atomic E-state index is -0.201. The van der Waals surface area contributed by atoms with Gasteiger partial charge in [0.15, 0.2) is 0 Å². The molecule has 0 spiro atoms. The standard InChI is InChI=1S/C20H21N3O/c1-14-19(17-10-6-4-7-11-17)23(16(3)21-14)20(15(2)22-24)18-12-8-5-9-13-18/h4-13,20,24H,1-3H3/b22-15+. The summed E-state index contributed by atoms with van der Waals surface area (Å²) in [6.45, 7) is 5.83. The van der Waals surface area contributed by atoms with Crippen LogP contribution in [0.3, 0.4) is 0 Å². The van der Waals surface area contributed by atoms with Gasteiger partial charge in [-0.15, -0.1) is 0 Å². The quantitative estimate of drug-likeness (QED) is 0.434. The van der Waals surface area contributed by atoms with Gasteiger partial charge in [0.25, 0.3) is 0 Å². The van der Waals surface area contributed by atoms with Crippen molar-refractivity contribution < 1.29 is 5.21 Å². The lowest BCUT2D eigenvalue weighted by Gasteiger charge is -2.23. The minimum absolute atomic E-state index is 0.201. The van der Waals surface area contributed by atoms with Gasteiger partial charge in [0.05, 0.1) is 17.1 Å². The van der Waals surface area contributed by atoms with Crippen molar-refractivity contribution >= 4 is 5.71 Å². The summed E-state index contributed by atoms with van der Waals surface area (Å²) < 4.78 is 2.15. The fraction of sp³-hybridized carbons (Fsp3) is 0.200. The van der Waals surface area contributed by atoms with Crippen LogP contribution < -0.4 is 0 Å². The zero-order chi connectivity index (χ0) is 17.1. The molecule has 0 amide bonds. The smallest absolute Gasteiger partial charge is 0.107 e. The summed E-state index contributed by atoms with van der Waals surface area (Å²) in [7, 11) is 0. The van der Waals surface area contributed by atoms with E-state index in [0.717, 1.165) is 28.3 Å². The van der Waals surface area contributed by atoms with Gasteiger partial charge in [0.2, 0.25) is 0 Å². The first kappa shape index (κ1) is 16.0. The highest BCUT2D eigenvalue weighted by Crippen LogP contribution is 2.32. The van der Waals surface area contributed by atoms with Gasteiger partial charge >= 0.3 is 0 Å². The zero-order valence-electron chi connectivity index (χ0n) is 14.1. The number of rotatable bonds is 4. The van der Waals surface area contributed by atoms with Crippen LogP contribution in [0.4, 0.5) is 0 Å². The average molecular weight is 319 g/mol. The lowest BCUT2D eigenvalue weighted by molar-refractivity contribution is 0.315. The third-order valence-corrected chi connectivity index (χ3v) is 4.24. The van der Waals surface area contributed by atoms with Crippen LogP contribution in [0.25, 0.3) is 11.3 Å². The molecular weight excluding hydrogens is 298 g/mol. The van der Waals surface area contributed by atoms with Crippen molar-refractivity contribution in [2.24, 2.45) is 5.16 Å². The number of aromatic nitrogens is 2. The lowest BCUT2D eigenvalue weighted by Crippen LogP contribution is -2.21. The first-order valence-corrected chi connectivity index (χ1v) is 7.97. The van der Waals surface area contributed by atoms with E-state index in [4.69, 9.17) is 0 Å². The molecule has 2 aromatic carbocycles. The Hall–Kier alpha value is -2.88. The Kier molecular flexibility index (Phi) is 4.47. The maximum atomic E-state index is 9.44. The van der Waals surface area contributed by atoms with E-state index in [1.54, 1.807) is 0 Å². The van der Waals surface area contributed by atoms with Crippen LogP contribution >= 0.6 is 0 Å². The van der Waals surface area contributed by atoms with Crippen LogP contribution in [0.1, 0.15) is 30.0 Å². The topological polar surface area (TPSA) is 50.4 Å². The molecule has 1 aromatic heterocycles. The van der Waals surface area contributed by atoms with E-state index in [1.165, 1.54) is 0 Å². The fourth-order valence-electron chi connectivity index (χ4n) is 3.21. The normalized spacial score (nSPS) is 13.0. The van der Waals surface area contributed by atoms with Crippen LogP contribution in [0, 0.1) is 13.8 Å².